The van der Waals surface area contributed by atoms with Crippen LogP contribution in [-0.2, 0) is 27.2 Å². The van der Waals surface area contributed by atoms with E-state index in [1.165, 1.54) is 0 Å². The largest absolute Gasteiger partial charge is 2.00 e. The van der Waals surface area contributed by atoms with E-state index in [0.29, 0.717) is 0 Å². The number of hydrogen-bond acceptors (Lipinski definition) is 8. The third-order valence-corrected chi connectivity index (χ3v) is 3.45. The van der Waals surface area contributed by atoms with Gasteiger partial charge < -0.3 is 27.9 Å². The zero-order valence-corrected chi connectivity index (χ0v) is 17.0. The third kappa shape index (κ3) is 19.7. The van der Waals surface area contributed by atoms with E-state index in [4.69, 9.17) is 0 Å². The molecular formula is C8H20O8P2Sr. The number of phosphoric ester groups is 2. The summed E-state index contributed by atoms with van der Waals surface area (Å²) in [6.07, 6.45) is 0. The molecule has 0 N–H and O–H groups in total. The number of phosphoric acid groups is 2. The Morgan fingerprint density at radius 2 is 0.842 bits per heavy atom. The van der Waals surface area contributed by atoms with Crippen molar-refractivity contribution in [2.75, 3.05) is 26.4 Å². The Balaban J connectivity index is -0.000000256. The fraction of sp³-hybridized carbons (Fsp3) is 1.00. The smallest absolute Gasteiger partial charge is 0.756 e. The number of rotatable bonds is 8. The van der Waals surface area contributed by atoms with Crippen molar-refractivity contribution in [1.82, 2.24) is 0 Å². The van der Waals surface area contributed by atoms with E-state index in [2.05, 4.69) is 18.1 Å². The van der Waals surface area contributed by atoms with Gasteiger partial charge in [0.2, 0.25) is 0 Å². The topological polar surface area (TPSA) is 117 Å². The summed E-state index contributed by atoms with van der Waals surface area (Å²) in [4.78, 5) is 20.8. The summed E-state index contributed by atoms with van der Waals surface area (Å²) in [6, 6.07) is 0. The zero-order valence-electron chi connectivity index (χ0n) is 11.7. The van der Waals surface area contributed by atoms with Gasteiger partial charge in [-0.05, 0) is 27.7 Å². The van der Waals surface area contributed by atoms with E-state index >= 15 is 0 Å². The van der Waals surface area contributed by atoms with Crippen molar-refractivity contribution in [2.24, 2.45) is 0 Å². The van der Waals surface area contributed by atoms with Crippen molar-refractivity contribution in [2.45, 2.75) is 27.7 Å². The Bertz CT molecular complexity index is 240. The molecule has 0 atom stereocenters. The summed E-state index contributed by atoms with van der Waals surface area (Å²) in [5.41, 5.74) is 0. The molecule has 0 amide bonds. The van der Waals surface area contributed by atoms with Crippen molar-refractivity contribution in [1.29, 1.82) is 0 Å². The van der Waals surface area contributed by atoms with Gasteiger partial charge in [0.25, 0.3) is 15.6 Å². The van der Waals surface area contributed by atoms with E-state index in [-0.39, 0.29) is 71.9 Å². The monoisotopic (exact) mass is 394 g/mol. The Morgan fingerprint density at radius 1 is 0.684 bits per heavy atom. The van der Waals surface area contributed by atoms with Gasteiger partial charge in [-0.15, -0.1) is 0 Å². The average Bonchev–Trinajstić information content (AvgIpc) is 2.17. The molecule has 11 heteroatoms. The van der Waals surface area contributed by atoms with Crippen molar-refractivity contribution >= 4 is 61.1 Å². The summed E-state index contributed by atoms with van der Waals surface area (Å²) in [5.74, 6) is 0. The Morgan fingerprint density at radius 3 is 0.947 bits per heavy atom. The van der Waals surface area contributed by atoms with Crippen LogP contribution in [0.1, 0.15) is 27.7 Å². The van der Waals surface area contributed by atoms with Gasteiger partial charge in [0.05, 0.1) is 26.4 Å². The van der Waals surface area contributed by atoms with Crippen LogP contribution in [0.2, 0.25) is 0 Å². The first kappa shape index (κ1) is 25.6. The maximum atomic E-state index is 10.4. The molecule has 0 radical (unpaired) electrons. The van der Waals surface area contributed by atoms with Gasteiger partial charge in [-0.3, -0.25) is 9.13 Å². The minimum absolute atomic E-state index is 0. The molecule has 0 aliphatic heterocycles. The van der Waals surface area contributed by atoms with Gasteiger partial charge >= 0.3 is 45.5 Å². The number of hydrogen-bond donors (Lipinski definition) is 0. The maximum Gasteiger partial charge on any atom is 2.00 e. The third-order valence-electron chi connectivity index (χ3n) is 1.15. The summed E-state index contributed by atoms with van der Waals surface area (Å²) >= 11 is 0. The molecule has 8 nitrogen and oxygen atoms in total. The maximum absolute atomic E-state index is 10.4. The first-order valence-electron chi connectivity index (χ1n) is 5.44. The van der Waals surface area contributed by atoms with E-state index < -0.39 is 15.6 Å². The fourth-order valence-electron chi connectivity index (χ4n) is 0.707. The molecular weight excluding hydrogens is 374 g/mol. The molecule has 0 spiro atoms. The molecule has 0 aromatic heterocycles. The van der Waals surface area contributed by atoms with Crippen LogP contribution in [0.3, 0.4) is 0 Å². The molecule has 0 fully saturated rings. The summed E-state index contributed by atoms with van der Waals surface area (Å²) in [7, 11) is -7.89. The summed E-state index contributed by atoms with van der Waals surface area (Å²) in [6.45, 7) is 6.85. The van der Waals surface area contributed by atoms with Crippen LogP contribution < -0.4 is 9.79 Å². The Labute approximate surface area is 151 Å². The molecule has 0 saturated carbocycles. The van der Waals surface area contributed by atoms with Gasteiger partial charge in [0.15, 0.2) is 0 Å². The minimum Gasteiger partial charge on any atom is -0.756 e. The van der Waals surface area contributed by atoms with E-state index in [1.54, 1.807) is 27.7 Å². The van der Waals surface area contributed by atoms with Crippen LogP contribution >= 0.6 is 15.6 Å². The van der Waals surface area contributed by atoms with Crippen molar-refractivity contribution < 1.29 is 37.0 Å². The minimum atomic E-state index is -3.94. The average molecular weight is 394 g/mol. The predicted molar refractivity (Wildman–Crippen MR) is 67.5 cm³/mol. The van der Waals surface area contributed by atoms with Gasteiger partial charge in [0, 0.05) is 0 Å². The molecule has 0 aliphatic rings. The van der Waals surface area contributed by atoms with Crippen molar-refractivity contribution in [3.8, 4) is 0 Å². The van der Waals surface area contributed by atoms with Crippen LogP contribution in [-0.4, -0.2) is 71.9 Å². The van der Waals surface area contributed by atoms with Crippen LogP contribution in [0.15, 0.2) is 0 Å². The molecule has 112 valence electrons. The standard InChI is InChI=1S/2C4H11O4P.Sr/c2*1-3-7-9(5,6)8-4-2;/h2*3-4H2,1-2H3,(H,5,6);/q;;+2/p-2. The fourth-order valence-corrected chi connectivity index (χ4v) is 2.12. The molecule has 0 rings (SSSR count). The molecule has 0 aromatic rings. The van der Waals surface area contributed by atoms with E-state index in [1.807, 2.05) is 0 Å². The zero-order chi connectivity index (χ0) is 14.7. The summed E-state index contributed by atoms with van der Waals surface area (Å²) in [5, 5.41) is 0. The molecule has 19 heavy (non-hydrogen) atoms. The van der Waals surface area contributed by atoms with Crippen LogP contribution in [0.4, 0.5) is 0 Å². The normalized spacial score (nSPS) is 11.3. The second-order valence-electron chi connectivity index (χ2n) is 2.57. The first-order chi connectivity index (χ1) is 8.24. The van der Waals surface area contributed by atoms with E-state index in [0.717, 1.165) is 0 Å². The Hall–Kier alpha value is 1.70. The first-order valence-corrected chi connectivity index (χ1v) is 8.36. The van der Waals surface area contributed by atoms with Gasteiger partial charge in [-0.25, -0.2) is 0 Å². The second kappa shape index (κ2) is 14.6. The quantitative estimate of drug-likeness (QED) is 0.436. The Kier molecular flexibility index (Phi) is 19.7. The van der Waals surface area contributed by atoms with Crippen LogP contribution in [0.5, 0.6) is 0 Å². The molecule has 0 heterocycles. The van der Waals surface area contributed by atoms with Gasteiger partial charge in [0.1, 0.15) is 0 Å². The van der Waals surface area contributed by atoms with Gasteiger partial charge in [-0.2, -0.15) is 0 Å². The van der Waals surface area contributed by atoms with Gasteiger partial charge in [-0.1, -0.05) is 0 Å². The summed E-state index contributed by atoms with van der Waals surface area (Å²) < 4.78 is 37.8. The van der Waals surface area contributed by atoms with Crippen molar-refractivity contribution in [3.63, 3.8) is 0 Å². The molecule has 0 aliphatic carbocycles. The second-order valence-corrected chi connectivity index (χ2v) is 5.39. The molecule has 0 bridgehead atoms. The van der Waals surface area contributed by atoms with E-state index in [9.17, 15) is 18.9 Å². The van der Waals surface area contributed by atoms with Crippen molar-refractivity contribution in [3.05, 3.63) is 0 Å². The molecule has 0 aromatic carbocycles. The molecule has 0 unspecified atom stereocenters. The van der Waals surface area contributed by atoms with Crippen LogP contribution in [0, 0.1) is 0 Å². The molecule has 0 saturated heterocycles. The SMILES string of the molecule is CCOP(=O)([O-])OCC.CCOP(=O)([O-])OCC.[Sr+2]. The predicted octanol–water partition coefficient (Wildman–Crippen LogP) is 0.675. The van der Waals surface area contributed by atoms with Crippen LogP contribution in [0.25, 0.3) is 0 Å².